The van der Waals surface area contributed by atoms with Crippen LogP contribution in [0.15, 0.2) is 36.0 Å². The Morgan fingerprint density at radius 2 is 2.12 bits per heavy atom. The number of hydrogen-bond donors (Lipinski definition) is 1. The minimum Gasteiger partial charge on any atom is -0.389 e. The van der Waals surface area contributed by atoms with E-state index in [4.69, 9.17) is 0 Å². The van der Waals surface area contributed by atoms with Crippen LogP contribution in [-0.4, -0.2) is 11.2 Å². The molecule has 0 radical (unpaired) electrons. The number of rotatable bonds is 1. The average molecular weight is 220 g/mol. The van der Waals surface area contributed by atoms with Crippen LogP contribution in [0.4, 0.5) is 0 Å². The molecule has 0 aromatic heterocycles. The molecule has 90 valence electrons. The summed E-state index contributed by atoms with van der Waals surface area (Å²) < 4.78 is 0. The second-order valence-electron chi connectivity index (χ2n) is 5.08. The molecule has 1 unspecified atom stereocenters. The zero-order chi connectivity index (χ0) is 12.1. The number of aliphatic hydroxyl groups excluding tert-OH is 1. The number of aliphatic hydroxyl groups is 1. The Kier molecular flexibility index (Phi) is 5.01. The van der Waals surface area contributed by atoms with Crippen molar-refractivity contribution in [1.82, 2.24) is 0 Å². The van der Waals surface area contributed by atoms with E-state index < -0.39 is 0 Å². The summed E-state index contributed by atoms with van der Waals surface area (Å²) >= 11 is 0. The summed E-state index contributed by atoms with van der Waals surface area (Å²) in [5.41, 5.74) is 3.60. The van der Waals surface area contributed by atoms with Crippen molar-refractivity contribution in [2.75, 3.05) is 0 Å². The Morgan fingerprint density at radius 1 is 1.44 bits per heavy atom. The maximum Gasteiger partial charge on any atom is 0.0753 e. The fourth-order valence-electron chi connectivity index (χ4n) is 2.18. The molecule has 0 amide bonds. The lowest BCUT2D eigenvalue weighted by Gasteiger charge is -2.23. The Bertz CT molecular complexity index is 299. The predicted molar refractivity (Wildman–Crippen MR) is 70.3 cm³/mol. The zero-order valence-electron chi connectivity index (χ0n) is 10.6. The van der Waals surface area contributed by atoms with E-state index in [9.17, 15) is 5.11 Å². The first-order chi connectivity index (χ1) is 7.50. The molecule has 1 N–H and O–H groups in total. The topological polar surface area (TPSA) is 20.2 Å². The third-order valence-corrected chi connectivity index (χ3v) is 3.52. The van der Waals surface area contributed by atoms with Gasteiger partial charge in [-0.1, -0.05) is 30.4 Å². The van der Waals surface area contributed by atoms with Crippen LogP contribution in [0, 0.1) is 5.92 Å². The maximum atomic E-state index is 10.0. The van der Waals surface area contributed by atoms with Crippen LogP contribution >= 0.6 is 0 Å². The minimum atomic E-state index is -0.353. The van der Waals surface area contributed by atoms with Crippen molar-refractivity contribution in [2.45, 2.75) is 52.1 Å². The van der Waals surface area contributed by atoms with Gasteiger partial charge in [-0.2, -0.15) is 0 Å². The molecule has 2 atom stereocenters. The highest BCUT2D eigenvalue weighted by molar-refractivity contribution is 5.10. The van der Waals surface area contributed by atoms with Crippen molar-refractivity contribution in [3.63, 3.8) is 0 Å². The summed E-state index contributed by atoms with van der Waals surface area (Å²) in [7, 11) is 0. The summed E-state index contributed by atoms with van der Waals surface area (Å²) in [5.74, 6) is 0.424. The maximum absolute atomic E-state index is 10.0. The van der Waals surface area contributed by atoms with Crippen molar-refractivity contribution >= 4 is 0 Å². The van der Waals surface area contributed by atoms with E-state index >= 15 is 0 Å². The molecule has 0 aromatic carbocycles. The molecule has 1 aliphatic carbocycles. The predicted octanol–water partition coefficient (Wildman–Crippen LogP) is 4.01. The fourth-order valence-corrected chi connectivity index (χ4v) is 2.18. The van der Waals surface area contributed by atoms with Gasteiger partial charge >= 0.3 is 0 Å². The number of hydrogen-bond acceptors (Lipinski definition) is 1. The van der Waals surface area contributed by atoms with Crippen LogP contribution in [-0.2, 0) is 0 Å². The highest BCUT2D eigenvalue weighted by Gasteiger charge is 2.18. The third kappa shape index (κ3) is 3.97. The van der Waals surface area contributed by atoms with E-state index in [0.717, 1.165) is 37.7 Å². The summed E-state index contributed by atoms with van der Waals surface area (Å²) in [5, 5.41) is 10.0. The van der Waals surface area contributed by atoms with Gasteiger partial charge in [0.25, 0.3) is 0 Å². The van der Waals surface area contributed by atoms with E-state index in [1.165, 1.54) is 11.1 Å². The molecule has 0 fully saturated rings. The van der Waals surface area contributed by atoms with Crippen molar-refractivity contribution in [3.8, 4) is 0 Å². The molecule has 0 bridgehead atoms. The Balaban J connectivity index is 2.75. The summed E-state index contributed by atoms with van der Waals surface area (Å²) in [6.45, 7) is 12.3. The highest BCUT2D eigenvalue weighted by Crippen LogP contribution is 2.27. The fraction of sp³-hybridized carbons (Fsp3) is 0.600. The van der Waals surface area contributed by atoms with Crippen LogP contribution in [0.1, 0.15) is 46.0 Å². The molecular formula is C15H24O. The Hall–Kier alpha value is -0.820. The standard InChI is InChI=1S/C15H24O/c1-11(2)14-9-8-12(3)6-5-7-13(4)15(16)10-14/h6,14-16H,1,4-5,7-10H2,2-3H3/b12-6+/t14?,15-/m0/s1. The molecule has 0 saturated carbocycles. The van der Waals surface area contributed by atoms with Crippen molar-refractivity contribution in [2.24, 2.45) is 5.92 Å². The summed E-state index contributed by atoms with van der Waals surface area (Å²) in [4.78, 5) is 0. The van der Waals surface area contributed by atoms with Gasteiger partial charge in [0.2, 0.25) is 0 Å². The molecule has 0 saturated heterocycles. The third-order valence-electron chi connectivity index (χ3n) is 3.52. The Labute approximate surface area is 99.6 Å². The van der Waals surface area contributed by atoms with Crippen molar-refractivity contribution in [1.29, 1.82) is 0 Å². The SMILES string of the molecule is C=C(C)C1CC/C(C)=C/CCC(=C)[C@@H](O)C1. The lowest BCUT2D eigenvalue weighted by molar-refractivity contribution is 0.176. The van der Waals surface area contributed by atoms with Gasteiger partial charge in [0.05, 0.1) is 6.10 Å². The zero-order valence-corrected chi connectivity index (χ0v) is 10.6. The molecule has 0 aromatic rings. The molecule has 0 heterocycles. The van der Waals surface area contributed by atoms with Crippen molar-refractivity contribution in [3.05, 3.63) is 36.0 Å². The first-order valence-corrected chi connectivity index (χ1v) is 6.17. The van der Waals surface area contributed by atoms with Gasteiger partial charge in [-0.15, -0.1) is 0 Å². The highest BCUT2D eigenvalue weighted by atomic mass is 16.3. The van der Waals surface area contributed by atoms with Crippen molar-refractivity contribution < 1.29 is 5.11 Å². The van der Waals surface area contributed by atoms with Crippen LogP contribution < -0.4 is 0 Å². The molecule has 16 heavy (non-hydrogen) atoms. The monoisotopic (exact) mass is 220 g/mol. The molecule has 0 aliphatic heterocycles. The van der Waals surface area contributed by atoms with Gasteiger partial charge in [-0.3, -0.25) is 0 Å². The van der Waals surface area contributed by atoms with E-state index in [-0.39, 0.29) is 6.10 Å². The van der Waals surface area contributed by atoms with E-state index in [2.05, 4.69) is 33.1 Å². The second-order valence-corrected chi connectivity index (χ2v) is 5.08. The summed E-state index contributed by atoms with van der Waals surface area (Å²) in [6, 6.07) is 0. The van der Waals surface area contributed by atoms with Gasteiger partial charge in [-0.25, -0.2) is 0 Å². The first kappa shape index (κ1) is 13.2. The molecule has 1 aliphatic rings. The van der Waals surface area contributed by atoms with Gasteiger partial charge in [0.1, 0.15) is 0 Å². The molecule has 0 spiro atoms. The van der Waals surface area contributed by atoms with Gasteiger partial charge in [0, 0.05) is 0 Å². The van der Waals surface area contributed by atoms with Gasteiger partial charge in [0.15, 0.2) is 0 Å². The Morgan fingerprint density at radius 3 is 2.75 bits per heavy atom. The molecule has 1 rings (SSSR count). The van der Waals surface area contributed by atoms with E-state index in [1.807, 2.05) is 0 Å². The van der Waals surface area contributed by atoms with E-state index in [0.29, 0.717) is 5.92 Å². The van der Waals surface area contributed by atoms with Crippen LogP contribution in [0.5, 0.6) is 0 Å². The van der Waals surface area contributed by atoms with Crippen LogP contribution in [0.25, 0.3) is 0 Å². The minimum absolute atomic E-state index is 0.353. The molecule has 1 heteroatoms. The smallest absolute Gasteiger partial charge is 0.0753 e. The lowest BCUT2D eigenvalue weighted by Crippen LogP contribution is -2.17. The summed E-state index contributed by atoms with van der Waals surface area (Å²) in [6.07, 6.45) is 6.85. The average Bonchev–Trinajstić information content (AvgIpc) is 2.22. The largest absolute Gasteiger partial charge is 0.389 e. The van der Waals surface area contributed by atoms with E-state index in [1.54, 1.807) is 0 Å². The van der Waals surface area contributed by atoms with Crippen LogP contribution in [0.3, 0.4) is 0 Å². The second kappa shape index (κ2) is 6.05. The molecule has 1 nitrogen and oxygen atoms in total. The normalized spacial score (nSPS) is 31.7. The molecular weight excluding hydrogens is 196 g/mol. The van der Waals surface area contributed by atoms with Crippen LogP contribution in [0.2, 0.25) is 0 Å². The number of allylic oxidation sites excluding steroid dienone is 3. The van der Waals surface area contributed by atoms with Gasteiger partial charge in [-0.05, 0) is 57.4 Å². The first-order valence-electron chi connectivity index (χ1n) is 6.17. The lowest BCUT2D eigenvalue weighted by atomic mass is 9.85. The quantitative estimate of drug-likeness (QED) is 0.662. The van der Waals surface area contributed by atoms with Gasteiger partial charge < -0.3 is 5.11 Å².